The van der Waals surface area contributed by atoms with Crippen LogP contribution in [0.25, 0.3) is 28.1 Å². The van der Waals surface area contributed by atoms with Crippen molar-refractivity contribution >= 4 is 5.70 Å². The van der Waals surface area contributed by atoms with Gasteiger partial charge in [0.25, 0.3) is 0 Å². The number of aromatic amines is 1. The van der Waals surface area contributed by atoms with Crippen molar-refractivity contribution in [3.05, 3.63) is 54.0 Å². The molecule has 3 heterocycles. The number of phenols is 1. The Morgan fingerprint density at radius 2 is 1.93 bits per heavy atom. The Kier molecular flexibility index (Phi) is 3.86. The summed E-state index contributed by atoms with van der Waals surface area (Å²) in [5.74, 6) is 0.191. The molecule has 27 heavy (non-hydrogen) atoms. The molecule has 3 N–H and O–H groups in total. The first-order valence-corrected chi connectivity index (χ1v) is 9.15. The summed E-state index contributed by atoms with van der Waals surface area (Å²) < 4.78 is 0. The van der Waals surface area contributed by atoms with E-state index in [2.05, 4.69) is 36.7 Å². The molecule has 1 aliphatic carbocycles. The number of phenolic OH excluding ortho intramolecular Hbond substituents is 1. The Labute approximate surface area is 156 Å². The molecule has 5 rings (SSSR count). The average molecular weight is 360 g/mol. The van der Waals surface area contributed by atoms with Gasteiger partial charge in [0.1, 0.15) is 11.4 Å². The third kappa shape index (κ3) is 2.86. The molecule has 1 fully saturated rings. The molecular weight excluding hydrogens is 340 g/mol. The van der Waals surface area contributed by atoms with Crippen LogP contribution in [0, 0.1) is 0 Å². The van der Waals surface area contributed by atoms with Crippen LogP contribution in [0.5, 0.6) is 5.75 Å². The third-order valence-electron chi connectivity index (χ3n) is 5.19. The number of piperazine rings is 1. The fourth-order valence-electron chi connectivity index (χ4n) is 3.76. The number of hydrogen-bond donors (Lipinski definition) is 3. The maximum atomic E-state index is 10.5. The summed E-state index contributed by atoms with van der Waals surface area (Å²) in [6.45, 7) is 3.97. The fraction of sp³-hybridized carbons (Fsp3) is 0.250. The minimum absolute atomic E-state index is 0.191. The second kappa shape index (κ2) is 6.51. The van der Waals surface area contributed by atoms with Crippen LogP contribution < -0.4 is 5.32 Å². The van der Waals surface area contributed by atoms with E-state index >= 15 is 0 Å². The zero-order valence-corrected chi connectivity index (χ0v) is 14.8. The van der Waals surface area contributed by atoms with Gasteiger partial charge in [-0.05, 0) is 35.7 Å². The first-order valence-electron chi connectivity index (χ1n) is 9.15. The number of aromatic nitrogens is 4. The Morgan fingerprint density at radius 3 is 2.70 bits per heavy atom. The lowest BCUT2D eigenvalue weighted by molar-refractivity contribution is 0.340. The number of nitrogens with one attached hydrogen (secondary N) is 2. The van der Waals surface area contributed by atoms with Gasteiger partial charge in [0.2, 0.25) is 0 Å². The lowest BCUT2D eigenvalue weighted by Gasteiger charge is -2.30. The number of fused-ring (bicyclic) bond motifs is 1. The summed E-state index contributed by atoms with van der Waals surface area (Å²) in [5.41, 5.74) is 6.53. The second-order valence-corrected chi connectivity index (χ2v) is 6.85. The standard InChI is InChI=1S/C20H20N6O/c27-19-10-13(15-11-22-23-12-15)1-3-16(19)17-9-14-2-4-18(20(14)25-24-17)26-7-5-21-6-8-26/h1,3-4,9-12,21,27H,2,5-8H2,(H,22,23). The fourth-order valence-corrected chi connectivity index (χ4v) is 3.76. The molecular formula is C20H20N6O. The van der Waals surface area contributed by atoms with Crippen LogP contribution in [0.1, 0.15) is 11.3 Å². The van der Waals surface area contributed by atoms with E-state index in [-0.39, 0.29) is 5.75 Å². The molecule has 136 valence electrons. The van der Waals surface area contributed by atoms with Crippen LogP contribution in [0.4, 0.5) is 0 Å². The summed E-state index contributed by atoms with van der Waals surface area (Å²) >= 11 is 0. The normalized spacial score (nSPS) is 16.3. The average Bonchev–Trinajstić information content (AvgIpc) is 3.38. The van der Waals surface area contributed by atoms with Gasteiger partial charge < -0.3 is 15.3 Å². The highest BCUT2D eigenvalue weighted by atomic mass is 16.3. The van der Waals surface area contributed by atoms with E-state index in [1.165, 1.54) is 5.70 Å². The number of H-pyrrole nitrogens is 1. The van der Waals surface area contributed by atoms with Crippen molar-refractivity contribution < 1.29 is 5.11 Å². The summed E-state index contributed by atoms with van der Waals surface area (Å²) in [4.78, 5) is 2.37. The second-order valence-electron chi connectivity index (χ2n) is 6.85. The minimum atomic E-state index is 0.191. The Morgan fingerprint density at radius 1 is 1.04 bits per heavy atom. The maximum Gasteiger partial charge on any atom is 0.125 e. The molecule has 0 radical (unpaired) electrons. The number of rotatable bonds is 3. The van der Waals surface area contributed by atoms with Gasteiger partial charge in [0.05, 0.1) is 17.6 Å². The highest BCUT2D eigenvalue weighted by Gasteiger charge is 2.24. The van der Waals surface area contributed by atoms with Crippen LogP contribution >= 0.6 is 0 Å². The predicted octanol–water partition coefficient (Wildman–Crippen LogP) is 2.04. The predicted molar refractivity (Wildman–Crippen MR) is 103 cm³/mol. The quantitative estimate of drug-likeness (QED) is 0.662. The van der Waals surface area contributed by atoms with Gasteiger partial charge in [-0.15, -0.1) is 10.2 Å². The van der Waals surface area contributed by atoms with Crippen molar-refractivity contribution in [2.24, 2.45) is 0 Å². The summed E-state index contributed by atoms with van der Waals surface area (Å²) in [6, 6.07) is 7.62. The van der Waals surface area contributed by atoms with E-state index < -0.39 is 0 Å². The first kappa shape index (κ1) is 16.0. The summed E-state index contributed by atoms with van der Waals surface area (Å²) in [5, 5.41) is 29.5. The molecule has 0 spiro atoms. The highest BCUT2D eigenvalue weighted by molar-refractivity contribution is 5.76. The van der Waals surface area contributed by atoms with E-state index in [0.29, 0.717) is 11.3 Å². The number of hydrogen-bond acceptors (Lipinski definition) is 6. The molecule has 0 saturated carbocycles. The Balaban J connectivity index is 1.44. The van der Waals surface area contributed by atoms with E-state index in [9.17, 15) is 5.11 Å². The van der Waals surface area contributed by atoms with Crippen molar-refractivity contribution in [2.45, 2.75) is 6.42 Å². The molecule has 0 amide bonds. The van der Waals surface area contributed by atoms with Crippen molar-refractivity contribution in [1.29, 1.82) is 0 Å². The van der Waals surface area contributed by atoms with Crippen molar-refractivity contribution in [3.8, 4) is 28.1 Å². The highest BCUT2D eigenvalue weighted by Crippen LogP contribution is 2.35. The zero-order chi connectivity index (χ0) is 18.2. The molecule has 2 aliphatic rings. The van der Waals surface area contributed by atoms with Crippen molar-refractivity contribution in [1.82, 2.24) is 30.6 Å². The number of allylic oxidation sites excluding steroid dienone is 1. The van der Waals surface area contributed by atoms with Crippen LogP contribution in [0.15, 0.2) is 42.7 Å². The minimum Gasteiger partial charge on any atom is -0.507 e. The SMILES string of the molecule is Oc1cc(-c2cn[nH]c2)ccc1-c1cc2c(nn1)C(N1CCNCC1)=CC2. The number of aromatic hydroxyl groups is 1. The van der Waals surface area contributed by atoms with Crippen molar-refractivity contribution in [3.63, 3.8) is 0 Å². The molecule has 1 aromatic carbocycles. The lowest BCUT2D eigenvalue weighted by atomic mass is 10.0. The lowest BCUT2D eigenvalue weighted by Crippen LogP contribution is -2.42. The van der Waals surface area contributed by atoms with Gasteiger partial charge in [-0.1, -0.05) is 12.1 Å². The van der Waals surface area contributed by atoms with Gasteiger partial charge in [-0.2, -0.15) is 5.10 Å². The Hall–Kier alpha value is -3.19. The number of benzene rings is 1. The van der Waals surface area contributed by atoms with E-state index in [1.54, 1.807) is 18.5 Å². The van der Waals surface area contributed by atoms with E-state index in [1.807, 2.05) is 18.2 Å². The van der Waals surface area contributed by atoms with Gasteiger partial charge in [-0.3, -0.25) is 5.10 Å². The monoisotopic (exact) mass is 360 g/mol. The molecule has 0 unspecified atom stereocenters. The first-order chi connectivity index (χ1) is 13.3. The Bertz CT molecular complexity index is 1010. The van der Waals surface area contributed by atoms with E-state index in [4.69, 9.17) is 0 Å². The molecule has 0 bridgehead atoms. The maximum absolute atomic E-state index is 10.5. The van der Waals surface area contributed by atoms with Crippen LogP contribution in [0.2, 0.25) is 0 Å². The van der Waals surface area contributed by atoms with Gasteiger partial charge in [0, 0.05) is 43.5 Å². The van der Waals surface area contributed by atoms with Crippen LogP contribution in [-0.4, -0.2) is 56.6 Å². The topological polar surface area (TPSA) is 90.0 Å². The molecule has 7 nitrogen and oxygen atoms in total. The van der Waals surface area contributed by atoms with Gasteiger partial charge in [0.15, 0.2) is 0 Å². The van der Waals surface area contributed by atoms with Crippen LogP contribution in [-0.2, 0) is 6.42 Å². The molecule has 1 saturated heterocycles. The summed E-state index contributed by atoms with van der Waals surface area (Å²) in [6.07, 6.45) is 6.61. The van der Waals surface area contributed by atoms with Gasteiger partial charge in [-0.25, -0.2) is 0 Å². The third-order valence-corrected chi connectivity index (χ3v) is 5.19. The molecule has 0 atom stereocenters. The number of nitrogens with zero attached hydrogens (tertiary/aromatic N) is 4. The van der Waals surface area contributed by atoms with Crippen LogP contribution in [0.3, 0.4) is 0 Å². The molecule has 1 aliphatic heterocycles. The molecule has 3 aromatic rings. The smallest absolute Gasteiger partial charge is 0.125 e. The largest absolute Gasteiger partial charge is 0.507 e. The molecule has 2 aromatic heterocycles. The summed E-state index contributed by atoms with van der Waals surface area (Å²) in [7, 11) is 0. The molecule has 7 heteroatoms. The van der Waals surface area contributed by atoms with Crippen molar-refractivity contribution in [2.75, 3.05) is 26.2 Å². The zero-order valence-electron chi connectivity index (χ0n) is 14.8. The van der Waals surface area contributed by atoms with E-state index in [0.717, 1.165) is 55.0 Å². The van der Waals surface area contributed by atoms with Gasteiger partial charge >= 0.3 is 0 Å².